The number of nitrogens with zero attached hydrogens (tertiary/aromatic N) is 3. The minimum absolute atomic E-state index is 0.0257. The van der Waals surface area contributed by atoms with Crippen LogP contribution in [0.3, 0.4) is 0 Å². The maximum atomic E-state index is 9.95. The van der Waals surface area contributed by atoms with Crippen LogP contribution in [0.5, 0.6) is 5.88 Å². The van der Waals surface area contributed by atoms with Crippen LogP contribution in [-0.4, -0.2) is 71.7 Å². The van der Waals surface area contributed by atoms with Crippen LogP contribution in [0.1, 0.15) is 20.8 Å². The van der Waals surface area contributed by atoms with Crippen molar-refractivity contribution < 1.29 is 19.4 Å². The molecule has 0 aliphatic carbocycles. The van der Waals surface area contributed by atoms with Crippen LogP contribution >= 0.6 is 11.7 Å². The lowest BCUT2D eigenvalue weighted by Crippen LogP contribution is -2.42. The number of aliphatic hydroxyl groups is 1. The van der Waals surface area contributed by atoms with Crippen molar-refractivity contribution in [3.05, 3.63) is 0 Å². The van der Waals surface area contributed by atoms with Gasteiger partial charge in [-0.3, -0.25) is 0 Å². The van der Waals surface area contributed by atoms with Gasteiger partial charge in [0, 0.05) is 25.2 Å². The molecule has 1 aliphatic heterocycles. The Hall–Kier alpha value is -1.29. The third kappa shape index (κ3) is 7.21. The van der Waals surface area contributed by atoms with Crippen molar-refractivity contribution in [1.82, 2.24) is 14.1 Å². The molecule has 0 unspecified atom stereocenters. The normalized spacial score (nSPS) is 16.4. The van der Waals surface area contributed by atoms with Crippen LogP contribution in [0.25, 0.3) is 0 Å². The van der Waals surface area contributed by atoms with Gasteiger partial charge in [-0.15, -0.1) is 4.37 Å². The van der Waals surface area contributed by atoms with E-state index in [-0.39, 0.29) is 12.1 Å². The van der Waals surface area contributed by atoms with E-state index in [9.17, 15) is 5.11 Å². The number of nitrogens with one attached hydrogen (secondary N) is 1. The second kappa shape index (κ2) is 9.76. The van der Waals surface area contributed by atoms with Crippen molar-refractivity contribution in [3.8, 4) is 5.88 Å². The van der Waals surface area contributed by atoms with Crippen molar-refractivity contribution in [2.24, 2.45) is 0 Å². The largest absolute Gasteiger partial charge is 0.472 e. The first-order valence-corrected chi connectivity index (χ1v) is 8.19. The van der Waals surface area contributed by atoms with Crippen molar-refractivity contribution in [2.45, 2.75) is 32.4 Å². The van der Waals surface area contributed by atoms with Crippen molar-refractivity contribution >= 4 is 24.3 Å². The summed E-state index contributed by atoms with van der Waals surface area (Å²) in [5.41, 5.74) is -0.0257. The van der Waals surface area contributed by atoms with E-state index in [1.165, 1.54) is 0 Å². The van der Waals surface area contributed by atoms with Gasteiger partial charge in [0.15, 0.2) is 0 Å². The smallest absolute Gasteiger partial charge is 0.270 e. The van der Waals surface area contributed by atoms with Gasteiger partial charge in [-0.1, -0.05) is 0 Å². The maximum absolute atomic E-state index is 9.95. The predicted molar refractivity (Wildman–Crippen MR) is 89.3 cm³/mol. The van der Waals surface area contributed by atoms with Crippen LogP contribution in [0.15, 0.2) is 0 Å². The van der Waals surface area contributed by atoms with Gasteiger partial charge < -0.3 is 29.6 Å². The Balaban J connectivity index is 0.00000127. The van der Waals surface area contributed by atoms with E-state index >= 15 is 0 Å². The number of rotatable bonds is 6. The molecule has 0 radical (unpaired) electrons. The summed E-state index contributed by atoms with van der Waals surface area (Å²) in [4.78, 5) is 10.1. The van der Waals surface area contributed by atoms with E-state index < -0.39 is 6.10 Å². The molecule has 1 atom stereocenters. The van der Waals surface area contributed by atoms with Gasteiger partial charge in [-0.25, -0.2) is 0 Å². The zero-order valence-electron chi connectivity index (χ0n) is 13.9. The molecule has 9 heteroatoms. The summed E-state index contributed by atoms with van der Waals surface area (Å²) >= 11 is 1.12. The Labute approximate surface area is 141 Å². The van der Waals surface area contributed by atoms with Gasteiger partial charge in [-0.05, 0) is 20.8 Å². The number of hydrogen-bond acceptors (Lipinski definition) is 9. The molecule has 2 rings (SSSR count). The molecule has 23 heavy (non-hydrogen) atoms. The Kier molecular flexibility index (Phi) is 8.38. The molecule has 2 heterocycles. The van der Waals surface area contributed by atoms with Crippen LogP contribution < -0.4 is 15.0 Å². The third-order valence-corrected chi connectivity index (χ3v) is 3.54. The zero-order valence-corrected chi connectivity index (χ0v) is 14.8. The fourth-order valence-electron chi connectivity index (χ4n) is 1.89. The lowest BCUT2D eigenvalue weighted by Gasteiger charge is -2.27. The summed E-state index contributed by atoms with van der Waals surface area (Å²) in [6.45, 7) is 11.8. The van der Waals surface area contributed by atoms with E-state index in [2.05, 4.69) is 39.7 Å². The molecule has 2 N–H and O–H groups in total. The molecule has 1 saturated heterocycles. The highest BCUT2D eigenvalue weighted by Gasteiger charge is 2.21. The topological polar surface area (TPSA) is 96.8 Å². The monoisotopic (exact) mass is 346 g/mol. The minimum Gasteiger partial charge on any atom is -0.472 e. The Morgan fingerprint density at radius 1 is 1.39 bits per heavy atom. The molecule has 0 bridgehead atoms. The van der Waals surface area contributed by atoms with E-state index in [4.69, 9.17) is 14.3 Å². The van der Waals surface area contributed by atoms with Crippen LogP contribution in [0, 0.1) is 0 Å². The molecule has 1 aromatic heterocycles. The van der Waals surface area contributed by atoms with Crippen LogP contribution in [0.4, 0.5) is 5.82 Å². The quantitative estimate of drug-likeness (QED) is 0.760. The summed E-state index contributed by atoms with van der Waals surface area (Å²) in [6, 6.07) is 0. The van der Waals surface area contributed by atoms with Gasteiger partial charge in [0.2, 0.25) is 5.82 Å². The Bertz CT molecular complexity index is 446. The summed E-state index contributed by atoms with van der Waals surface area (Å²) in [5.74, 6) is 1.25. The number of aliphatic hydroxyl groups excluding tert-OH is 1. The molecular formula is C14H26N4O4S. The fraction of sp³-hybridized carbons (Fsp3) is 0.786. The van der Waals surface area contributed by atoms with Gasteiger partial charge in [0.05, 0.1) is 24.9 Å². The highest BCUT2D eigenvalue weighted by atomic mass is 32.1. The van der Waals surface area contributed by atoms with Gasteiger partial charge in [0.1, 0.15) is 19.5 Å². The van der Waals surface area contributed by atoms with Gasteiger partial charge >= 0.3 is 0 Å². The molecule has 1 fully saturated rings. The average molecular weight is 346 g/mol. The first kappa shape index (κ1) is 19.8. The number of carbonyl (C=O) groups excluding carboxylic acids is 1. The predicted octanol–water partition coefficient (Wildman–Crippen LogP) is 0.318. The minimum atomic E-state index is -0.580. The number of aromatic nitrogens is 2. The lowest BCUT2D eigenvalue weighted by molar-refractivity contribution is -0.0979. The first-order valence-electron chi connectivity index (χ1n) is 7.46. The fourth-order valence-corrected chi connectivity index (χ4v) is 2.41. The number of ether oxygens (including phenoxy) is 2. The zero-order chi connectivity index (χ0) is 17.3. The molecule has 0 aromatic carbocycles. The first-order chi connectivity index (χ1) is 11.0. The van der Waals surface area contributed by atoms with Crippen LogP contribution in [0.2, 0.25) is 0 Å². The van der Waals surface area contributed by atoms with Gasteiger partial charge in [0.25, 0.3) is 5.88 Å². The second-order valence-electron chi connectivity index (χ2n) is 6.09. The van der Waals surface area contributed by atoms with Crippen molar-refractivity contribution in [3.63, 3.8) is 0 Å². The summed E-state index contributed by atoms with van der Waals surface area (Å²) in [7, 11) is 0. The van der Waals surface area contributed by atoms with E-state index in [0.717, 1.165) is 30.6 Å². The van der Waals surface area contributed by atoms with Gasteiger partial charge in [-0.2, -0.15) is 4.37 Å². The standard InChI is InChI=1S/C13H24N4O3S.CH2O/c1-13(2,3)14-8-10(18)9-20-12-11(15-21-16-12)17-4-6-19-7-5-17;1-2/h10,14,18H,4-9H2,1-3H3;1H2/t10-;/m0./s1. The summed E-state index contributed by atoms with van der Waals surface area (Å²) < 4.78 is 19.4. The molecule has 1 aliphatic rings. The van der Waals surface area contributed by atoms with Crippen molar-refractivity contribution in [1.29, 1.82) is 0 Å². The van der Waals surface area contributed by atoms with E-state index in [0.29, 0.717) is 25.6 Å². The number of β-amino-alcohol motifs (C(OH)–C–C–N with tert-alkyl or cyclic N) is 1. The summed E-state index contributed by atoms with van der Waals surface area (Å²) in [6.07, 6.45) is -0.580. The third-order valence-electron chi connectivity index (χ3n) is 3.03. The lowest BCUT2D eigenvalue weighted by atomic mass is 10.1. The second-order valence-corrected chi connectivity index (χ2v) is 6.62. The molecule has 0 amide bonds. The maximum Gasteiger partial charge on any atom is 0.270 e. The van der Waals surface area contributed by atoms with E-state index in [1.54, 1.807) is 0 Å². The number of hydrogen-bond donors (Lipinski definition) is 2. The number of anilines is 1. The average Bonchev–Trinajstić information content (AvgIpc) is 3.01. The number of carbonyl (C=O) groups is 1. The molecule has 8 nitrogen and oxygen atoms in total. The van der Waals surface area contributed by atoms with Crippen LogP contribution in [-0.2, 0) is 9.53 Å². The van der Waals surface area contributed by atoms with E-state index in [1.807, 2.05) is 6.79 Å². The molecule has 0 saturated carbocycles. The SMILES string of the molecule is C=O.CC(C)(C)NC[C@H](O)COc1nsnc1N1CCOCC1. The Morgan fingerprint density at radius 2 is 2.04 bits per heavy atom. The number of morpholine rings is 1. The van der Waals surface area contributed by atoms with Crippen molar-refractivity contribution in [2.75, 3.05) is 44.4 Å². The highest BCUT2D eigenvalue weighted by Crippen LogP contribution is 2.26. The molecule has 132 valence electrons. The summed E-state index contributed by atoms with van der Waals surface area (Å²) in [5, 5.41) is 13.2. The molecule has 0 spiro atoms. The molecule has 1 aromatic rings. The molecular weight excluding hydrogens is 320 g/mol. The highest BCUT2D eigenvalue weighted by molar-refractivity contribution is 6.99. The Morgan fingerprint density at radius 3 is 2.65 bits per heavy atom.